The minimum Gasteiger partial charge on any atom is -0.308 e. The molecule has 1 saturated carbocycles. The monoisotopic (exact) mass is 248 g/mol. The zero-order valence-electron chi connectivity index (χ0n) is 9.65. The Kier molecular flexibility index (Phi) is 2.94. The fourth-order valence-corrected chi connectivity index (χ4v) is 3.30. The van der Waals surface area contributed by atoms with Crippen molar-refractivity contribution in [1.29, 1.82) is 0 Å². The van der Waals surface area contributed by atoms with Gasteiger partial charge in [-0.2, -0.15) is 0 Å². The van der Waals surface area contributed by atoms with Gasteiger partial charge in [0, 0.05) is 5.92 Å². The van der Waals surface area contributed by atoms with Gasteiger partial charge in [-0.25, -0.2) is 15.8 Å². The van der Waals surface area contributed by atoms with Crippen LogP contribution in [-0.4, -0.2) is 9.97 Å². The highest BCUT2D eigenvalue weighted by Gasteiger charge is 2.20. The summed E-state index contributed by atoms with van der Waals surface area (Å²) in [4.78, 5) is 10.3. The van der Waals surface area contributed by atoms with Gasteiger partial charge in [0.25, 0.3) is 0 Å². The van der Waals surface area contributed by atoms with E-state index >= 15 is 0 Å². The number of nitrogens with zero attached hydrogens (tertiary/aromatic N) is 2. The lowest BCUT2D eigenvalue weighted by molar-refractivity contribution is 0.430. The summed E-state index contributed by atoms with van der Waals surface area (Å²) >= 11 is 1.65. The first kappa shape index (κ1) is 10.9. The SMILES string of the molecule is NNc1nc(C2CCCCC2)nc2sccc12. The topological polar surface area (TPSA) is 63.8 Å². The second-order valence-electron chi connectivity index (χ2n) is 4.55. The largest absolute Gasteiger partial charge is 0.308 e. The Hall–Kier alpha value is -1.20. The minimum atomic E-state index is 0.516. The molecule has 0 aromatic carbocycles. The third kappa shape index (κ3) is 2.00. The van der Waals surface area contributed by atoms with Crippen LogP contribution in [0.1, 0.15) is 43.8 Å². The number of nitrogens with two attached hydrogens (primary N) is 1. The van der Waals surface area contributed by atoms with Crippen molar-refractivity contribution < 1.29 is 0 Å². The fourth-order valence-electron chi connectivity index (χ4n) is 2.53. The number of nitrogens with one attached hydrogen (secondary N) is 1. The van der Waals surface area contributed by atoms with Gasteiger partial charge in [-0.15, -0.1) is 11.3 Å². The second-order valence-corrected chi connectivity index (χ2v) is 5.44. The van der Waals surface area contributed by atoms with Crippen molar-refractivity contribution in [2.75, 3.05) is 5.43 Å². The number of hydrogen-bond acceptors (Lipinski definition) is 5. The molecule has 4 nitrogen and oxygen atoms in total. The molecule has 17 heavy (non-hydrogen) atoms. The minimum absolute atomic E-state index is 0.516. The summed E-state index contributed by atoms with van der Waals surface area (Å²) < 4.78 is 0. The number of hydrazine groups is 1. The maximum atomic E-state index is 5.54. The number of aromatic nitrogens is 2. The van der Waals surface area contributed by atoms with E-state index in [1.165, 1.54) is 32.1 Å². The van der Waals surface area contributed by atoms with E-state index in [0.29, 0.717) is 5.92 Å². The van der Waals surface area contributed by atoms with Gasteiger partial charge in [0.2, 0.25) is 0 Å². The predicted molar refractivity (Wildman–Crippen MR) is 71.1 cm³/mol. The number of nitrogen functional groups attached to an aromatic ring is 1. The summed E-state index contributed by atoms with van der Waals surface area (Å²) in [6.45, 7) is 0. The second kappa shape index (κ2) is 4.58. The fraction of sp³-hybridized carbons (Fsp3) is 0.500. The zero-order valence-corrected chi connectivity index (χ0v) is 10.5. The normalized spacial score (nSPS) is 17.5. The Bertz CT molecular complexity index is 516. The van der Waals surface area contributed by atoms with Gasteiger partial charge < -0.3 is 5.43 Å². The Morgan fingerprint density at radius 2 is 2.06 bits per heavy atom. The Labute approximate surface area is 104 Å². The van der Waals surface area contributed by atoms with E-state index in [0.717, 1.165) is 21.9 Å². The molecule has 2 heterocycles. The zero-order chi connectivity index (χ0) is 11.7. The van der Waals surface area contributed by atoms with Crippen molar-refractivity contribution in [3.05, 3.63) is 17.3 Å². The van der Waals surface area contributed by atoms with Crippen molar-refractivity contribution in [3.63, 3.8) is 0 Å². The van der Waals surface area contributed by atoms with Crippen LogP contribution in [0.25, 0.3) is 10.2 Å². The highest BCUT2D eigenvalue weighted by molar-refractivity contribution is 7.16. The van der Waals surface area contributed by atoms with Crippen LogP contribution in [-0.2, 0) is 0 Å². The first-order chi connectivity index (χ1) is 8.38. The van der Waals surface area contributed by atoms with E-state index in [2.05, 4.69) is 15.4 Å². The number of hydrogen-bond donors (Lipinski definition) is 2. The molecule has 0 aliphatic heterocycles. The lowest BCUT2D eigenvalue weighted by Crippen LogP contribution is -2.13. The molecule has 0 bridgehead atoms. The van der Waals surface area contributed by atoms with Crippen molar-refractivity contribution in [3.8, 4) is 0 Å². The molecule has 90 valence electrons. The average molecular weight is 248 g/mol. The summed E-state index contributed by atoms with van der Waals surface area (Å²) in [6, 6.07) is 2.01. The van der Waals surface area contributed by atoms with E-state index < -0.39 is 0 Å². The molecule has 0 amide bonds. The Morgan fingerprint density at radius 3 is 2.82 bits per heavy atom. The summed E-state index contributed by atoms with van der Waals surface area (Å²) in [7, 11) is 0. The van der Waals surface area contributed by atoms with Crippen LogP contribution in [0.2, 0.25) is 0 Å². The van der Waals surface area contributed by atoms with Gasteiger partial charge in [-0.1, -0.05) is 19.3 Å². The maximum Gasteiger partial charge on any atom is 0.152 e. The molecule has 3 N–H and O–H groups in total. The molecule has 0 atom stereocenters. The van der Waals surface area contributed by atoms with Crippen LogP contribution in [0.5, 0.6) is 0 Å². The van der Waals surface area contributed by atoms with Crippen LogP contribution >= 0.6 is 11.3 Å². The van der Waals surface area contributed by atoms with Crippen molar-refractivity contribution in [2.45, 2.75) is 38.0 Å². The molecule has 2 aromatic heterocycles. The van der Waals surface area contributed by atoms with Crippen LogP contribution in [0.15, 0.2) is 11.4 Å². The summed E-state index contributed by atoms with van der Waals surface area (Å²) in [6.07, 6.45) is 6.35. The van der Waals surface area contributed by atoms with Crippen molar-refractivity contribution in [2.24, 2.45) is 5.84 Å². The molecule has 1 aliphatic carbocycles. The van der Waals surface area contributed by atoms with Crippen molar-refractivity contribution in [1.82, 2.24) is 9.97 Å². The van der Waals surface area contributed by atoms with Crippen molar-refractivity contribution >= 4 is 27.4 Å². The standard InChI is InChI=1S/C12H16N4S/c13-16-11-9-6-7-17-12(9)15-10(14-11)8-4-2-1-3-5-8/h6-8H,1-5,13H2,(H,14,15,16). The summed E-state index contributed by atoms with van der Waals surface area (Å²) in [5, 5.41) is 3.06. The van der Waals surface area contributed by atoms with Crippen LogP contribution in [0, 0.1) is 0 Å². The van der Waals surface area contributed by atoms with E-state index in [9.17, 15) is 0 Å². The predicted octanol–water partition coefficient (Wildman–Crippen LogP) is 3.02. The molecule has 0 unspecified atom stereocenters. The smallest absolute Gasteiger partial charge is 0.152 e. The maximum absolute atomic E-state index is 5.54. The molecule has 5 heteroatoms. The first-order valence-electron chi connectivity index (χ1n) is 6.10. The highest BCUT2D eigenvalue weighted by atomic mass is 32.1. The molecule has 3 rings (SSSR count). The number of anilines is 1. The van der Waals surface area contributed by atoms with Gasteiger partial charge in [-0.3, -0.25) is 0 Å². The highest BCUT2D eigenvalue weighted by Crippen LogP contribution is 2.33. The van der Waals surface area contributed by atoms with E-state index in [-0.39, 0.29) is 0 Å². The molecular formula is C12H16N4S. The summed E-state index contributed by atoms with van der Waals surface area (Å²) in [5.41, 5.74) is 2.69. The third-order valence-corrected chi connectivity index (χ3v) is 4.26. The lowest BCUT2D eigenvalue weighted by Gasteiger charge is -2.20. The molecule has 2 aromatic rings. The quantitative estimate of drug-likeness (QED) is 0.633. The molecule has 0 radical (unpaired) electrons. The number of rotatable bonds is 2. The van der Waals surface area contributed by atoms with Gasteiger partial charge in [0.05, 0.1) is 5.39 Å². The van der Waals surface area contributed by atoms with Gasteiger partial charge in [0.15, 0.2) is 5.82 Å². The average Bonchev–Trinajstić information content (AvgIpc) is 2.86. The molecule has 1 aliphatic rings. The van der Waals surface area contributed by atoms with Crippen LogP contribution in [0.4, 0.5) is 5.82 Å². The van der Waals surface area contributed by atoms with E-state index in [1.807, 2.05) is 11.4 Å². The Morgan fingerprint density at radius 1 is 1.24 bits per heavy atom. The number of fused-ring (bicyclic) bond motifs is 1. The molecule has 0 saturated heterocycles. The molecular weight excluding hydrogens is 232 g/mol. The van der Waals surface area contributed by atoms with E-state index in [1.54, 1.807) is 11.3 Å². The summed E-state index contributed by atoms with van der Waals surface area (Å²) in [5.74, 6) is 7.78. The van der Waals surface area contributed by atoms with Crippen LogP contribution < -0.4 is 11.3 Å². The number of thiophene rings is 1. The molecule has 0 spiro atoms. The van der Waals surface area contributed by atoms with E-state index in [4.69, 9.17) is 5.84 Å². The van der Waals surface area contributed by atoms with Gasteiger partial charge in [-0.05, 0) is 24.3 Å². The Balaban J connectivity index is 2.03. The molecule has 1 fully saturated rings. The third-order valence-electron chi connectivity index (χ3n) is 3.45. The van der Waals surface area contributed by atoms with Crippen LogP contribution in [0.3, 0.4) is 0 Å². The lowest BCUT2D eigenvalue weighted by atomic mass is 9.89. The first-order valence-corrected chi connectivity index (χ1v) is 6.98. The van der Waals surface area contributed by atoms with Gasteiger partial charge in [0.1, 0.15) is 10.7 Å². The van der Waals surface area contributed by atoms with Gasteiger partial charge >= 0.3 is 0 Å².